The molecule has 0 saturated heterocycles. The number of para-hydroxylation sites is 1. The van der Waals surface area contributed by atoms with Gasteiger partial charge in [0, 0.05) is 24.3 Å². The van der Waals surface area contributed by atoms with Gasteiger partial charge in [0.25, 0.3) is 0 Å². The highest BCUT2D eigenvalue weighted by atomic mass is 127. The van der Waals surface area contributed by atoms with Crippen molar-refractivity contribution < 1.29 is 4.74 Å². The number of benzene rings is 2. The molecule has 0 aliphatic heterocycles. The van der Waals surface area contributed by atoms with E-state index >= 15 is 0 Å². The third kappa shape index (κ3) is 5.20. The Morgan fingerprint density at radius 1 is 1.19 bits per heavy atom. The van der Waals surface area contributed by atoms with E-state index in [0.717, 1.165) is 17.7 Å². The van der Waals surface area contributed by atoms with Gasteiger partial charge in [0.15, 0.2) is 5.96 Å². The molecule has 0 heterocycles. The van der Waals surface area contributed by atoms with Crippen LogP contribution in [0.2, 0.25) is 0 Å². The molecule has 1 aliphatic carbocycles. The maximum Gasteiger partial charge on any atom is 0.193 e. The Labute approximate surface area is 173 Å². The van der Waals surface area contributed by atoms with E-state index in [1.54, 1.807) is 7.11 Å². The number of ether oxygens (including phenoxy) is 1. The molecular formula is C21H28IN3O. The minimum atomic E-state index is 0. The highest BCUT2D eigenvalue weighted by molar-refractivity contribution is 14.0. The number of hydrogen-bond acceptors (Lipinski definition) is 2. The topological polar surface area (TPSA) is 59.6 Å². The summed E-state index contributed by atoms with van der Waals surface area (Å²) in [5.41, 5.74) is 10.9. The molecule has 1 saturated carbocycles. The van der Waals surface area contributed by atoms with Crippen LogP contribution in [0.4, 0.5) is 5.69 Å². The molecule has 0 bridgehead atoms. The van der Waals surface area contributed by atoms with E-state index in [4.69, 9.17) is 10.5 Å². The van der Waals surface area contributed by atoms with Crippen LogP contribution in [0.3, 0.4) is 0 Å². The Bertz CT molecular complexity index is 743. The third-order valence-corrected chi connectivity index (χ3v) is 4.67. The molecule has 0 spiro atoms. The summed E-state index contributed by atoms with van der Waals surface area (Å²) in [6.45, 7) is 4.98. The van der Waals surface area contributed by atoms with Gasteiger partial charge in [-0.2, -0.15) is 0 Å². The van der Waals surface area contributed by atoms with Crippen LogP contribution in [-0.2, 0) is 11.3 Å². The van der Waals surface area contributed by atoms with Crippen molar-refractivity contribution in [2.45, 2.75) is 44.8 Å². The normalized spacial score (nSPS) is 19.2. The van der Waals surface area contributed by atoms with Crippen molar-refractivity contribution in [3.63, 3.8) is 0 Å². The number of aliphatic imine (C=N–C) groups is 1. The van der Waals surface area contributed by atoms with Crippen LogP contribution < -0.4 is 11.1 Å². The molecular weight excluding hydrogens is 437 g/mol. The van der Waals surface area contributed by atoms with E-state index in [9.17, 15) is 0 Å². The van der Waals surface area contributed by atoms with Crippen LogP contribution >= 0.6 is 24.0 Å². The Balaban J connectivity index is 0.00000243. The van der Waals surface area contributed by atoms with Crippen molar-refractivity contribution in [3.05, 3.63) is 65.2 Å². The maximum absolute atomic E-state index is 6.11. The lowest BCUT2D eigenvalue weighted by Crippen LogP contribution is -2.24. The molecule has 0 aromatic heterocycles. The van der Waals surface area contributed by atoms with E-state index in [2.05, 4.69) is 48.4 Å². The molecule has 140 valence electrons. The number of guanidine groups is 1. The average molecular weight is 465 g/mol. The first-order chi connectivity index (χ1) is 12.1. The van der Waals surface area contributed by atoms with Gasteiger partial charge in [-0.3, -0.25) is 0 Å². The standard InChI is InChI=1S/C21H27N3O.HI/c1-14(2)15-8-10-16(11-9-15)18-12-20(18)24-21(22)23-19-7-5-4-6-17(19)13-25-3;/h4-11,14,18,20H,12-13H2,1-3H3,(H3,22,23,24);1H. The summed E-state index contributed by atoms with van der Waals surface area (Å²) >= 11 is 0. The molecule has 2 unspecified atom stereocenters. The summed E-state index contributed by atoms with van der Waals surface area (Å²) in [5.74, 6) is 1.51. The summed E-state index contributed by atoms with van der Waals surface area (Å²) in [4.78, 5) is 4.64. The fourth-order valence-corrected chi connectivity index (χ4v) is 3.08. The van der Waals surface area contributed by atoms with Crippen molar-refractivity contribution in [1.82, 2.24) is 0 Å². The fraction of sp³-hybridized carbons (Fsp3) is 0.381. The zero-order valence-electron chi connectivity index (χ0n) is 15.6. The lowest BCUT2D eigenvalue weighted by atomic mass is 10.0. The summed E-state index contributed by atoms with van der Waals surface area (Å²) in [5, 5.41) is 3.21. The zero-order valence-corrected chi connectivity index (χ0v) is 17.9. The van der Waals surface area contributed by atoms with Crippen LogP contribution in [0, 0.1) is 0 Å². The second kappa shape index (κ2) is 9.37. The average Bonchev–Trinajstić information content (AvgIpc) is 3.36. The van der Waals surface area contributed by atoms with Crippen LogP contribution in [0.5, 0.6) is 0 Å². The first-order valence-electron chi connectivity index (χ1n) is 8.85. The SMILES string of the molecule is COCc1ccccc1NC(N)=NC1CC1c1ccc(C(C)C)cc1.I. The van der Waals surface area contributed by atoms with Crippen LogP contribution in [0.25, 0.3) is 0 Å². The number of nitrogens with two attached hydrogens (primary N) is 1. The monoisotopic (exact) mass is 465 g/mol. The number of methoxy groups -OCH3 is 1. The highest BCUT2D eigenvalue weighted by Crippen LogP contribution is 2.43. The first kappa shape index (κ1) is 20.7. The second-order valence-electron chi connectivity index (χ2n) is 6.96. The number of nitrogens with zero attached hydrogens (tertiary/aromatic N) is 1. The van der Waals surface area contributed by atoms with E-state index < -0.39 is 0 Å². The Hall–Kier alpha value is -1.60. The van der Waals surface area contributed by atoms with Crippen molar-refractivity contribution in [2.24, 2.45) is 10.7 Å². The van der Waals surface area contributed by atoms with Crippen molar-refractivity contribution >= 4 is 35.6 Å². The van der Waals surface area contributed by atoms with E-state index in [1.165, 1.54) is 11.1 Å². The minimum absolute atomic E-state index is 0. The molecule has 5 heteroatoms. The van der Waals surface area contributed by atoms with Crippen molar-refractivity contribution in [3.8, 4) is 0 Å². The summed E-state index contributed by atoms with van der Waals surface area (Å²) in [6, 6.07) is 17.2. The number of halogens is 1. The zero-order chi connectivity index (χ0) is 17.8. The molecule has 2 aromatic rings. The van der Waals surface area contributed by atoms with Gasteiger partial charge in [-0.1, -0.05) is 56.3 Å². The molecule has 1 aliphatic rings. The van der Waals surface area contributed by atoms with Gasteiger partial charge in [-0.05, 0) is 29.5 Å². The van der Waals surface area contributed by atoms with Gasteiger partial charge in [0.1, 0.15) is 0 Å². The first-order valence-corrected chi connectivity index (χ1v) is 8.85. The molecule has 3 N–H and O–H groups in total. The summed E-state index contributed by atoms with van der Waals surface area (Å²) in [6.07, 6.45) is 1.06. The Morgan fingerprint density at radius 2 is 1.88 bits per heavy atom. The van der Waals surface area contributed by atoms with Gasteiger partial charge < -0.3 is 15.8 Å². The van der Waals surface area contributed by atoms with Gasteiger partial charge in [-0.25, -0.2) is 4.99 Å². The molecule has 26 heavy (non-hydrogen) atoms. The van der Waals surface area contributed by atoms with Crippen LogP contribution in [0.15, 0.2) is 53.5 Å². The lowest BCUT2D eigenvalue weighted by Gasteiger charge is -2.11. The van der Waals surface area contributed by atoms with Crippen molar-refractivity contribution in [2.75, 3.05) is 12.4 Å². The van der Waals surface area contributed by atoms with Gasteiger partial charge in [0.2, 0.25) is 0 Å². The fourth-order valence-electron chi connectivity index (χ4n) is 3.08. The van der Waals surface area contributed by atoms with Gasteiger partial charge in [-0.15, -0.1) is 24.0 Å². The molecule has 4 nitrogen and oxygen atoms in total. The van der Waals surface area contributed by atoms with E-state index in [0.29, 0.717) is 24.4 Å². The molecule has 1 fully saturated rings. The minimum Gasteiger partial charge on any atom is -0.380 e. The molecule has 2 aromatic carbocycles. The maximum atomic E-state index is 6.11. The largest absolute Gasteiger partial charge is 0.380 e. The van der Waals surface area contributed by atoms with Gasteiger partial charge in [0.05, 0.1) is 12.6 Å². The molecule has 2 atom stereocenters. The number of rotatable bonds is 6. The van der Waals surface area contributed by atoms with Crippen LogP contribution in [0.1, 0.15) is 48.8 Å². The van der Waals surface area contributed by atoms with E-state index in [-0.39, 0.29) is 30.0 Å². The summed E-state index contributed by atoms with van der Waals surface area (Å²) in [7, 11) is 1.69. The summed E-state index contributed by atoms with van der Waals surface area (Å²) < 4.78 is 5.22. The Morgan fingerprint density at radius 3 is 2.54 bits per heavy atom. The van der Waals surface area contributed by atoms with E-state index in [1.807, 2.05) is 24.3 Å². The molecule has 0 radical (unpaired) electrons. The predicted molar refractivity (Wildman–Crippen MR) is 119 cm³/mol. The quantitative estimate of drug-likeness (QED) is 0.364. The van der Waals surface area contributed by atoms with Gasteiger partial charge >= 0.3 is 0 Å². The third-order valence-electron chi connectivity index (χ3n) is 4.67. The highest BCUT2D eigenvalue weighted by Gasteiger charge is 2.38. The number of nitrogens with one attached hydrogen (secondary N) is 1. The number of hydrogen-bond donors (Lipinski definition) is 2. The Kier molecular flexibility index (Phi) is 7.46. The predicted octanol–water partition coefficient (Wildman–Crippen LogP) is 4.86. The smallest absolute Gasteiger partial charge is 0.193 e. The molecule has 0 amide bonds. The number of anilines is 1. The van der Waals surface area contributed by atoms with Crippen molar-refractivity contribution in [1.29, 1.82) is 0 Å². The van der Waals surface area contributed by atoms with Crippen LogP contribution in [-0.4, -0.2) is 19.1 Å². The second-order valence-corrected chi connectivity index (χ2v) is 6.96. The molecule has 3 rings (SSSR count). The lowest BCUT2D eigenvalue weighted by molar-refractivity contribution is 0.185.